The molecule has 0 saturated carbocycles. The van der Waals surface area contributed by atoms with E-state index in [0.29, 0.717) is 18.7 Å². The number of carbonyl (C=O) groups excluding carboxylic acids is 2. The van der Waals surface area contributed by atoms with Gasteiger partial charge in [0.2, 0.25) is 5.91 Å². The Morgan fingerprint density at radius 1 is 1.41 bits per heavy atom. The van der Waals surface area contributed by atoms with Crippen molar-refractivity contribution in [2.75, 3.05) is 11.9 Å². The first-order valence-corrected chi connectivity index (χ1v) is 5.35. The van der Waals surface area contributed by atoms with E-state index in [1.807, 2.05) is 0 Å². The van der Waals surface area contributed by atoms with Crippen LogP contribution in [-0.4, -0.2) is 18.2 Å². The summed E-state index contributed by atoms with van der Waals surface area (Å²) < 4.78 is 13.1. The molecular formula is C12H15FN2O2. The van der Waals surface area contributed by atoms with Crippen molar-refractivity contribution < 1.29 is 14.0 Å². The van der Waals surface area contributed by atoms with Crippen molar-refractivity contribution >= 4 is 17.4 Å². The maximum Gasteiger partial charge on any atom is 0.221 e. The molecular weight excluding hydrogens is 223 g/mol. The van der Waals surface area contributed by atoms with Gasteiger partial charge >= 0.3 is 0 Å². The van der Waals surface area contributed by atoms with Crippen LogP contribution in [0.25, 0.3) is 0 Å². The van der Waals surface area contributed by atoms with Crippen molar-refractivity contribution in [2.24, 2.45) is 5.73 Å². The van der Waals surface area contributed by atoms with Crippen LogP contribution in [0.15, 0.2) is 18.2 Å². The van der Waals surface area contributed by atoms with Crippen LogP contribution in [0.2, 0.25) is 0 Å². The van der Waals surface area contributed by atoms with Gasteiger partial charge in [-0.2, -0.15) is 0 Å². The van der Waals surface area contributed by atoms with Gasteiger partial charge in [0.05, 0.1) is 5.69 Å². The summed E-state index contributed by atoms with van der Waals surface area (Å²) in [5, 5.41) is 2.50. The topological polar surface area (TPSA) is 72.2 Å². The Kier molecular flexibility index (Phi) is 4.78. The van der Waals surface area contributed by atoms with E-state index in [0.717, 1.165) is 6.07 Å². The number of carbonyl (C=O) groups is 2. The molecule has 0 aliphatic heterocycles. The van der Waals surface area contributed by atoms with Crippen LogP contribution >= 0.6 is 0 Å². The molecule has 0 atom stereocenters. The van der Waals surface area contributed by atoms with Crippen LogP contribution in [0, 0.1) is 5.82 Å². The molecule has 0 bridgehead atoms. The number of hydrogen-bond acceptors (Lipinski definition) is 3. The van der Waals surface area contributed by atoms with Crippen molar-refractivity contribution in [3.8, 4) is 0 Å². The molecule has 4 nitrogen and oxygen atoms in total. The zero-order valence-electron chi connectivity index (χ0n) is 9.63. The Morgan fingerprint density at radius 2 is 2.12 bits per heavy atom. The monoisotopic (exact) mass is 238 g/mol. The molecule has 1 rings (SSSR count). The molecule has 5 heteroatoms. The van der Waals surface area contributed by atoms with Crippen molar-refractivity contribution in [2.45, 2.75) is 19.8 Å². The van der Waals surface area contributed by atoms with Crippen LogP contribution < -0.4 is 11.1 Å². The molecule has 92 valence electrons. The molecule has 1 amide bonds. The highest BCUT2D eigenvalue weighted by Gasteiger charge is 2.13. The van der Waals surface area contributed by atoms with E-state index in [1.165, 1.54) is 19.1 Å². The minimum absolute atomic E-state index is 0.189. The molecule has 0 aliphatic rings. The third kappa shape index (κ3) is 3.96. The first-order chi connectivity index (χ1) is 8.04. The number of amides is 1. The van der Waals surface area contributed by atoms with E-state index in [9.17, 15) is 14.0 Å². The molecule has 3 N–H and O–H groups in total. The Morgan fingerprint density at radius 3 is 2.71 bits per heavy atom. The van der Waals surface area contributed by atoms with Gasteiger partial charge in [-0.3, -0.25) is 9.59 Å². The lowest BCUT2D eigenvalue weighted by atomic mass is 10.0. The number of hydrogen-bond donors (Lipinski definition) is 2. The highest BCUT2D eigenvalue weighted by atomic mass is 19.1. The predicted octanol–water partition coefficient (Wildman–Crippen LogP) is 1.71. The van der Waals surface area contributed by atoms with Gasteiger partial charge in [-0.25, -0.2) is 4.39 Å². The van der Waals surface area contributed by atoms with E-state index in [1.54, 1.807) is 0 Å². The average molecular weight is 238 g/mol. The molecule has 0 unspecified atom stereocenters. The van der Waals surface area contributed by atoms with Crippen LogP contribution in [-0.2, 0) is 4.79 Å². The van der Waals surface area contributed by atoms with E-state index in [4.69, 9.17) is 5.73 Å². The molecule has 17 heavy (non-hydrogen) atoms. The van der Waals surface area contributed by atoms with Gasteiger partial charge in [-0.15, -0.1) is 0 Å². The van der Waals surface area contributed by atoms with Gasteiger partial charge in [0.15, 0.2) is 5.78 Å². The van der Waals surface area contributed by atoms with Crippen LogP contribution in [0.3, 0.4) is 0 Å². The summed E-state index contributed by atoms with van der Waals surface area (Å²) in [5.74, 6) is -1.03. The maximum atomic E-state index is 13.1. The molecule has 0 saturated heterocycles. The lowest BCUT2D eigenvalue weighted by Crippen LogP contribution is -2.12. The number of ketones is 1. The number of halogens is 1. The van der Waals surface area contributed by atoms with E-state index in [-0.39, 0.29) is 23.7 Å². The van der Waals surface area contributed by atoms with Crippen molar-refractivity contribution in [1.29, 1.82) is 0 Å². The van der Waals surface area contributed by atoms with Gasteiger partial charge < -0.3 is 11.1 Å². The summed E-state index contributed by atoms with van der Waals surface area (Å²) in [5.41, 5.74) is 5.83. The lowest BCUT2D eigenvalue weighted by molar-refractivity contribution is -0.114. The van der Waals surface area contributed by atoms with E-state index < -0.39 is 5.82 Å². The summed E-state index contributed by atoms with van der Waals surface area (Å²) in [6.45, 7) is 1.73. The highest BCUT2D eigenvalue weighted by molar-refractivity contribution is 6.04. The van der Waals surface area contributed by atoms with Gasteiger partial charge in [-0.1, -0.05) is 0 Å². The third-order valence-electron chi connectivity index (χ3n) is 2.20. The van der Waals surface area contributed by atoms with Gasteiger partial charge in [-0.05, 0) is 31.2 Å². The van der Waals surface area contributed by atoms with E-state index >= 15 is 0 Å². The van der Waals surface area contributed by atoms with Crippen LogP contribution in [0.1, 0.15) is 30.1 Å². The summed E-state index contributed by atoms with van der Waals surface area (Å²) >= 11 is 0. The quantitative estimate of drug-likeness (QED) is 0.767. The van der Waals surface area contributed by atoms with Gasteiger partial charge in [0.25, 0.3) is 0 Å². The minimum atomic E-state index is -0.504. The molecule has 0 aromatic heterocycles. The van der Waals surface area contributed by atoms with E-state index in [2.05, 4.69) is 5.32 Å². The second-order valence-corrected chi connectivity index (χ2v) is 3.69. The highest BCUT2D eigenvalue weighted by Crippen LogP contribution is 2.19. The van der Waals surface area contributed by atoms with Crippen LogP contribution in [0.4, 0.5) is 10.1 Å². The SMILES string of the molecule is CC(=O)Nc1ccc(F)cc1C(=O)CCCN. The molecule has 1 aromatic rings. The van der Waals surface area contributed by atoms with Gasteiger partial charge in [0.1, 0.15) is 5.82 Å². The molecule has 0 aliphatic carbocycles. The fourth-order valence-electron chi connectivity index (χ4n) is 1.44. The number of nitrogens with one attached hydrogen (secondary N) is 1. The largest absolute Gasteiger partial charge is 0.330 e. The number of anilines is 1. The zero-order valence-corrected chi connectivity index (χ0v) is 9.63. The second-order valence-electron chi connectivity index (χ2n) is 3.69. The fourth-order valence-corrected chi connectivity index (χ4v) is 1.44. The summed E-state index contributed by atoms with van der Waals surface area (Å²) in [7, 11) is 0. The normalized spacial score (nSPS) is 10.1. The Balaban J connectivity index is 2.97. The van der Waals surface area contributed by atoms with Crippen LogP contribution in [0.5, 0.6) is 0 Å². The Hall–Kier alpha value is -1.75. The molecule has 1 aromatic carbocycles. The first kappa shape index (κ1) is 13.3. The Labute approximate surface area is 99.0 Å². The first-order valence-electron chi connectivity index (χ1n) is 5.35. The maximum absolute atomic E-state index is 13.1. The summed E-state index contributed by atoms with van der Waals surface area (Å²) in [6, 6.07) is 3.71. The number of rotatable bonds is 5. The second kappa shape index (κ2) is 6.10. The zero-order chi connectivity index (χ0) is 12.8. The predicted molar refractivity (Wildman–Crippen MR) is 63.3 cm³/mol. The van der Waals surface area contributed by atoms with Gasteiger partial charge in [0, 0.05) is 18.9 Å². The minimum Gasteiger partial charge on any atom is -0.330 e. The third-order valence-corrected chi connectivity index (χ3v) is 2.20. The average Bonchev–Trinajstić information content (AvgIpc) is 2.27. The van der Waals surface area contributed by atoms with Crippen molar-refractivity contribution in [1.82, 2.24) is 0 Å². The summed E-state index contributed by atoms with van der Waals surface area (Å²) in [4.78, 5) is 22.7. The number of Topliss-reactive ketones (excluding diaryl/α,β-unsaturated/α-hetero) is 1. The fraction of sp³-hybridized carbons (Fsp3) is 0.333. The number of benzene rings is 1. The smallest absolute Gasteiger partial charge is 0.221 e. The molecule has 0 heterocycles. The van der Waals surface area contributed by atoms with Crippen molar-refractivity contribution in [3.05, 3.63) is 29.6 Å². The van der Waals surface area contributed by atoms with Crippen molar-refractivity contribution in [3.63, 3.8) is 0 Å². The summed E-state index contributed by atoms with van der Waals surface area (Å²) in [6.07, 6.45) is 0.779. The Bertz CT molecular complexity index is 433. The standard InChI is InChI=1S/C12H15FN2O2/c1-8(16)15-11-5-4-9(13)7-10(11)12(17)3-2-6-14/h4-5,7H,2-3,6,14H2,1H3,(H,15,16). The molecule has 0 spiro atoms. The molecule has 0 fully saturated rings. The molecule has 0 radical (unpaired) electrons. The lowest BCUT2D eigenvalue weighted by Gasteiger charge is -2.09. The number of nitrogens with two attached hydrogens (primary N) is 1.